The van der Waals surface area contributed by atoms with E-state index in [1.54, 1.807) is 20.0 Å². The summed E-state index contributed by atoms with van der Waals surface area (Å²) in [6.07, 6.45) is 6.74. The zero-order valence-electron chi connectivity index (χ0n) is 6.46. The van der Waals surface area contributed by atoms with Crippen LogP contribution in [0.15, 0.2) is 6.20 Å². The molecule has 0 aliphatic carbocycles. The lowest BCUT2D eigenvalue weighted by molar-refractivity contribution is 0.0783. The molecule has 0 atom stereocenters. The van der Waals surface area contributed by atoms with E-state index in [-0.39, 0.29) is 0 Å². The van der Waals surface area contributed by atoms with Crippen LogP contribution in [-0.4, -0.2) is 10.1 Å². The van der Waals surface area contributed by atoms with Crippen LogP contribution in [0.25, 0.3) is 0 Å². The van der Waals surface area contributed by atoms with Crippen LogP contribution in [0.3, 0.4) is 0 Å². The van der Waals surface area contributed by atoms with Crippen molar-refractivity contribution in [3.8, 4) is 12.3 Å². The molecule has 0 spiro atoms. The highest BCUT2D eigenvalue weighted by atomic mass is 32.1. The van der Waals surface area contributed by atoms with Crippen LogP contribution in [0, 0.1) is 12.3 Å². The number of hydrogen-bond acceptors (Lipinski definition) is 3. The number of terminal acetylenes is 1. The van der Waals surface area contributed by atoms with Crippen LogP contribution >= 0.6 is 11.3 Å². The summed E-state index contributed by atoms with van der Waals surface area (Å²) in [5, 5.41) is 10.1. The van der Waals surface area contributed by atoms with E-state index in [0.717, 1.165) is 4.88 Å². The molecule has 0 saturated heterocycles. The fourth-order valence-electron chi connectivity index (χ4n) is 0.624. The summed E-state index contributed by atoms with van der Waals surface area (Å²) in [7, 11) is 0. The van der Waals surface area contributed by atoms with Crippen molar-refractivity contribution in [3.63, 3.8) is 0 Å². The third-order valence-corrected chi connectivity index (χ3v) is 2.41. The van der Waals surface area contributed by atoms with Gasteiger partial charge < -0.3 is 5.11 Å². The highest BCUT2D eigenvalue weighted by Crippen LogP contribution is 2.23. The summed E-state index contributed by atoms with van der Waals surface area (Å²) in [5.41, 5.74) is -0.875. The summed E-state index contributed by atoms with van der Waals surface area (Å²) in [6.45, 7) is 3.37. The first kappa shape index (κ1) is 8.25. The van der Waals surface area contributed by atoms with Crippen LogP contribution < -0.4 is 0 Å². The fraction of sp³-hybridized carbons (Fsp3) is 0.375. The Morgan fingerprint density at radius 2 is 2.36 bits per heavy atom. The van der Waals surface area contributed by atoms with Gasteiger partial charge in [-0.25, -0.2) is 4.98 Å². The Labute approximate surface area is 69.9 Å². The molecule has 11 heavy (non-hydrogen) atoms. The first-order valence-electron chi connectivity index (χ1n) is 3.19. The minimum absolute atomic E-state index is 0.658. The van der Waals surface area contributed by atoms with Gasteiger partial charge in [0, 0.05) is 0 Å². The van der Waals surface area contributed by atoms with E-state index >= 15 is 0 Å². The highest BCUT2D eigenvalue weighted by molar-refractivity contribution is 7.12. The Bertz CT molecular complexity index is 290. The molecular weight excluding hydrogens is 158 g/mol. The maximum absolute atomic E-state index is 9.48. The molecule has 0 amide bonds. The van der Waals surface area contributed by atoms with Crippen molar-refractivity contribution in [1.29, 1.82) is 0 Å². The van der Waals surface area contributed by atoms with Crippen molar-refractivity contribution in [2.24, 2.45) is 0 Å². The van der Waals surface area contributed by atoms with Gasteiger partial charge in [0.05, 0.1) is 11.1 Å². The maximum atomic E-state index is 9.48. The molecule has 58 valence electrons. The minimum Gasteiger partial charge on any atom is -0.383 e. The Morgan fingerprint density at radius 3 is 2.64 bits per heavy atom. The Balaban J connectivity index is 3.01. The summed E-state index contributed by atoms with van der Waals surface area (Å²) in [5.74, 6) is 2.46. The van der Waals surface area contributed by atoms with Crippen LogP contribution in [0.4, 0.5) is 0 Å². The van der Waals surface area contributed by atoms with E-state index in [1.165, 1.54) is 11.3 Å². The Hall–Kier alpha value is -0.850. The average Bonchev–Trinajstić information content (AvgIpc) is 2.32. The van der Waals surface area contributed by atoms with Crippen LogP contribution in [0.2, 0.25) is 0 Å². The molecule has 0 aromatic carbocycles. The predicted octanol–water partition coefficient (Wildman–Crippen LogP) is 1.35. The van der Waals surface area contributed by atoms with Gasteiger partial charge in [0.2, 0.25) is 0 Å². The average molecular weight is 167 g/mol. The normalized spacial score (nSPS) is 11.1. The van der Waals surface area contributed by atoms with Crippen LogP contribution in [0.5, 0.6) is 0 Å². The van der Waals surface area contributed by atoms with Gasteiger partial charge in [-0.15, -0.1) is 17.8 Å². The first-order valence-corrected chi connectivity index (χ1v) is 4.01. The number of aromatic nitrogens is 1. The van der Waals surface area contributed by atoms with Crippen molar-refractivity contribution in [2.75, 3.05) is 0 Å². The molecule has 0 fully saturated rings. The largest absolute Gasteiger partial charge is 0.383 e. The molecular formula is C8H9NOS. The number of nitrogens with zero attached hydrogens (tertiary/aromatic N) is 1. The zero-order valence-corrected chi connectivity index (χ0v) is 7.27. The molecule has 0 unspecified atom stereocenters. The van der Waals surface area contributed by atoms with E-state index in [0.29, 0.717) is 5.01 Å². The first-order chi connectivity index (χ1) is 5.04. The highest BCUT2D eigenvalue weighted by Gasteiger charge is 2.19. The fourth-order valence-corrected chi connectivity index (χ4v) is 1.35. The lowest BCUT2D eigenvalue weighted by atomic mass is 10.2. The van der Waals surface area contributed by atoms with E-state index in [4.69, 9.17) is 6.42 Å². The van der Waals surface area contributed by atoms with E-state index < -0.39 is 5.60 Å². The van der Waals surface area contributed by atoms with Gasteiger partial charge in [0.25, 0.3) is 0 Å². The van der Waals surface area contributed by atoms with Crippen molar-refractivity contribution in [3.05, 3.63) is 16.1 Å². The van der Waals surface area contributed by atoms with Crippen molar-refractivity contribution < 1.29 is 5.11 Å². The SMILES string of the molecule is C#Cc1cnc(C(C)(C)O)s1. The number of aliphatic hydroxyl groups is 1. The third-order valence-electron chi connectivity index (χ3n) is 1.17. The second-order valence-corrected chi connectivity index (χ2v) is 3.76. The summed E-state index contributed by atoms with van der Waals surface area (Å²) < 4.78 is 0. The van der Waals surface area contributed by atoms with E-state index in [9.17, 15) is 5.11 Å². The summed E-state index contributed by atoms with van der Waals surface area (Å²) in [4.78, 5) is 4.74. The van der Waals surface area contributed by atoms with Gasteiger partial charge in [0.1, 0.15) is 10.6 Å². The van der Waals surface area contributed by atoms with Gasteiger partial charge in [-0.2, -0.15) is 0 Å². The van der Waals surface area contributed by atoms with Crippen LogP contribution in [-0.2, 0) is 5.60 Å². The number of hydrogen-bond donors (Lipinski definition) is 1. The second kappa shape index (κ2) is 2.65. The van der Waals surface area contributed by atoms with Gasteiger partial charge in [-0.1, -0.05) is 5.92 Å². The molecule has 3 heteroatoms. The van der Waals surface area contributed by atoms with Gasteiger partial charge in [-0.05, 0) is 13.8 Å². The molecule has 0 radical (unpaired) electrons. The minimum atomic E-state index is -0.875. The Morgan fingerprint density at radius 1 is 1.73 bits per heavy atom. The smallest absolute Gasteiger partial charge is 0.125 e. The molecule has 1 rings (SSSR count). The van der Waals surface area contributed by atoms with Crippen molar-refractivity contribution in [2.45, 2.75) is 19.4 Å². The summed E-state index contributed by atoms with van der Waals surface area (Å²) in [6, 6.07) is 0. The monoisotopic (exact) mass is 167 g/mol. The molecule has 0 bridgehead atoms. The molecule has 1 aromatic rings. The summed E-state index contributed by atoms with van der Waals surface area (Å²) >= 11 is 1.34. The second-order valence-electron chi connectivity index (χ2n) is 2.73. The van der Waals surface area contributed by atoms with Crippen LogP contribution in [0.1, 0.15) is 23.7 Å². The van der Waals surface area contributed by atoms with Gasteiger partial charge in [-0.3, -0.25) is 0 Å². The molecule has 1 heterocycles. The predicted molar refractivity (Wildman–Crippen MR) is 45.3 cm³/mol. The third kappa shape index (κ3) is 1.79. The topological polar surface area (TPSA) is 33.1 Å². The van der Waals surface area contributed by atoms with E-state index in [2.05, 4.69) is 10.9 Å². The molecule has 2 nitrogen and oxygen atoms in total. The zero-order chi connectivity index (χ0) is 8.48. The lowest BCUT2D eigenvalue weighted by Crippen LogP contribution is -2.14. The molecule has 1 aromatic heterocycles. The quantitative estimate of drug-likeness (QED) is 0.640. The van der Waals surface area contributed by atoms with Crippen molar-refractivity contribution in [1.82, 2.24) is 4.98 Å². The molecule has 0 aliphatic rings. The van der Waals surface area contributed by atoms with Gasteiger partial charge in [0.15, 0.2) is 0 Å². The standard InChI is InChI=1S/C8H9NOS/c1-4-6-5-9-7(11-6)8(2,3)10/h1,5,10H,2-3H3. The van der Waals surface area contributed by atoms with Crippen molar-refractivity contribution >= 4 is 11.3 Å². The molecule has 0 saturated carbocycles. The molecule has 1 N–H and O–H groups in total. The van der Waals surface area contributed by atoms with E-state index in [1.807, 2.05) is 0 Å². The number of thiazole rings is 1. The lowest BCUT2D eigenvalue weighted by Gasteiger charge is -2.11. The molecule has 0 aliphatic heterocycles. The maximum Gasteiger partial charge on any atom is 0.125 e. The van der Waals surface area contributed by atoms with Gasteiger partial charge >= 0.3 is 0 Å². The Kier molecular flexibility index (Phi) is 1.99. The number of rotatable bonds is 1.